The van der Waals surface area contributed by atoms with Crippen molar-refractivity contribution in [1.29, 1.82) is 0 Å². The fourth-order valence-electron chi connectivity index (χ4n) is 2.24. The molecule has 24 heavy (non-hydrogen) atoms. The highest BCUT2D eigenvalue weighted by atomic mass is 16.5. The van der Waals surface area contributed by atoms with E-state index in [-0.39, 0.29) is 5.91 Å². The van der Waals surface area contributed by atoms with Gasteiger partial charge in [-0.25, -0.2) is 0 Å². The Bertz CT molecular complexity index is 860. The number of amides is 1. The van der Waals surface area contributed by atoms with Crippen molar-refractivity contribution >= 4 is 17.2 Å². The van der Waals surface area contributed by atoms with Gasteiger partial charge in [0.2, 0.25) is 0 Å². The lowest BCUT2D eigenvalue weighted by Crippen LogP contribution is -2.14. The zero-order valence-corrected chi connectivity index (χ0v) is 13.5. The maximum atomic E-state index is 12.5. The molecule has 7 nitrogen and oxygen atoms in total. The van der Waals surface area contributed by atoms with Crippen LogP contribution < -0.4 is 10.1 Å². The molecule has 0 aliphatic rings. The first-order valence-electron chi connectivity index (χ1n) is 7.50. The van der Waals surface area contributed by atoms with Gasteiger partial charge in [-0.2, -0.15) is 0 Å². The van der Waals surface area contributed by atoms with Crippen LogP contribution in [0.15, 0.2) is 42.9 Å². The molecule has 0 aliphatic carbocycles. The molecule has 3 rings (SSSR count). The molecule has 2 heterocycles. The van der Waals surface area contributed by atoms with E-state index >= 15 is 0 Å². The summed E-state index contributed by atoms with van der Waals surface area (Å²) in [6, 6.07) is 9.08. The number of carbonyl (C=O) groups excluding carboxylic acids is 1. The molecule has 0 aliphatic heterocycles. The van der Waals surface area contributed by atoms with Gasteiger partial charge in [-0.3, -0.25) is 9.20 Å². The number of nitrogens with zero attached hydrogens (tertiary/aromatic N) is 3. The molecular formula is C17H18N4O3. The quantitative estimate of drug-likeness (QED) is 0.703. The molecule has 3 aromatic rings. The SMILES string of the molecule is COCCOc1cc(C)ccc1NC(=O)c1ccc2nncn2c1. The van der Waals surface area contributed by atoms with Crippen molar-refractivity contribution in [3.05, 3.63) is 54.0 Å². The van der Waals surface area contributed by atoms with E-state index in [2.05, 4.69) is 15.5 Å². The minimum atomic E-state index is -0.231. The third-order valence-electron chi connectivity index (χ3n) is 3.48. The number of hydrogen-bond acceptors (Lipinski definition) is 5. The van der Waals surface area contributed by atoms with Gasteiger partial charge in [0.15, 0.2) is 5.65 Å². The van der Waals surface area contributed by atoms with Crippen molar-refractivity contribution in [2.24, 2.45) is 0 Å². The monoisotopic (exact) mass is 326 g/mol. The fourth-order valence-corrected chi connectivity index (χ4v) is 2.24. The predicted octanol–water partition coefficient (Wildman–Crippen LogP) is 2.32. The number of rotatable bonds is 6. The highest BCUT2D eigenvalue weighted by Gasteiger charge is 2.11. The van der Waals surface area contributed by atoms with Crippen molar-refractivity contribution in [3.63, 3.8) is 0 Å². The molecular weight excluding hydrogens is 308 g/mol. The van der Waals surface area contributed by atoms with Gasteiger partial charge in [0, 0.05) is 13.3 Å². The van der Waals surface area contributed by atoms with Gasteiger partial charge in [-0.1, -0.05) is 6.07 Å². The van der Waals surface area contributed by atoms with Crippen molar-refractivity contribution in [2.45, 2.75) is 6.92 Å². The van der Waals surface area contributed by atoms with Gasteiger partial charge < -0.3 is 14.8 Å². The van der Waals surface area contributed by atoms with Crippen LogP contribution in [0.25, 0.3) is 5.65 Å². The lowest BCUT2D eigenvalue weighted by atomic mass is 10.2. The highest BCUT2D eigenvalue weighted by Crippen LogP contribution is 2.26. The Morgan fingerprint density at radius 2 is 2.12 bits per heavy atom. The Labute approximate surface area is 139 Å². The number of carbonyl (C=O) groups is 1. The van der Waals surface area contributed by atoms with E-state index in [1.54, 1.807) is 36.2 Å². The molecule has 1 aromatic carbocycles. The summed E-state index contributed by atoms with van der Waals surface area (Å²) >= 11 is 0. The predicted molar refractivity (Wildman–Crippen MR) is 89.5 cm³/mol. The first kappa shape index (κ1) is 15.9. The van der Waals surface area contributed by atoms with E-state index in [4.69, 9.17) is 9.47 Å². The molecule has 0 unspecified atom stereocenters. The molecule has 0 radical (unpaired) electrons. The summed E-state index contributed by atoms with van der Waals surface area (Å²) in [6.45, 7) is 2.86. The molecule has 0 saturated heterocycles. The molecule has 124 valence electrons. The number of methoxy groups -OCH3 is 1. The summed E-state index contributed by atoms with van der Waals surface area (Å²) in [5.41, 5.74) is 2.85. The Balaban J connectivity index is 1.80. The number of anilines is 1. The van der Waals surface area contributed by atoms with Crippen molar-refractivity contribution in [1.82, 2.24) is 14.6 Å². The zero-order chi connectivity index (χ0) is 16.9. The van der Waals surface area contributed by atoms with E-state index < -0.39 is 0 Å². The first-order valence-corrected chi connectivity index (χ1v) is 7.50. The van der Waals surface area contributed by atoms with Crippen LogP contribution in [0.2, 0.25) is 0 Å². The minimum absolute atomic E-state index is 0.231. The zero-order valence-electron chi connectivity index (χ0n) is 13.5. The summed E-state index contributed by atoms with van der Waals surface area (Å²) in [5, 5.41) is 10.6. The Morgan fingerprint density at radius 3 is 2.96 bits per heavy atom. The van der Waals surface area contributed by atoms with Gasteiger partial charge in [-0.15, -0.1) is 10.2 Å². The van der Waals surface area contributed by atoms with Crippen molar-refractivity contribution in [3.8, 4) is 5.75 Å². The number of ether oxygens (including phenoxy) is 2. The van der Waals surface area contributed by atoms with Gasteiger partial charge >= 0.3 is 0 Å². The molecule has 1 N–H and O–H groups in total. The molecule has 0 spiro atoms. The Morgan fingerprint density at radius 1 is 1.25 bits per heavy atom. The van der Waals surface area contributed by atoms with E-state index in [0.29, 0.717) is 35.9 Å². The third-order valence-corrected chi connectivity index (χ3v) is 3.48. The van der Waals surface area contributed by atoms with E-state index in [1.165, 1.54) is 0 Å². The topological polar surface area (TPSA) is 77.8 Å². The molecule has 0 atom stereocenters. The maximum absolute atomic E-state index is 12.5. The smallest absolute Gasteiger partial charge is 0.257 e. The number of fused-ring (bicyclic) bond motifs is 1. The van der Waals surface area contributed by atoms with E-state index in [0.717, 1.165) is 5.56 Å². The standard InChI is InChI=1S/C17H18N4O3/c1-12-3-5-14(15(9-12)24-8-7-23-2)19-17(22)13-4-6-16-20-18-11-21(16)10-13/h3-6,9-11H,7-8H2,1-2H3,(H,19,22). The van der Waals surface area contributed by atoms with E-state index in [9.17, 15) is 4.79 Å². The second-order valence-electron chi connectivity index (χ2n) is 5.31. The first-order chi connectivity index (χ1) is 11.7. The summed E-state index contributed by atoms with van der Waals surface area (Å²) in [7, 11) is 1.61. The molecule has 1 amide bonds. The van der Waals surface area contributed by atoms with Crippen LogP contribution in [-0.4, -0.2) is 40.8 Å². The average molecular weight is 326 g/mol. The summed E-state index contributed by atoms with van der Waals surface area (Å²) in [6.07, 6.45) is 3.24. The lowest BCUT2D eigenvalue weighted by Gasteiger charge is -2.13. The highest BCUT2D eigenvalue weighted by molar-refractivity contribution is 6.05. The number of hydrogen-bond donors (Lipinski definition) is 1. The molecule has 2 aromatic heterocycles. The summed E-state index contributed by atoms with van der Waals surface area (Å²) in [4.78, 5) is 12.5. The maximum Gasteiger partial charge on any atom is 0.257 e. The molecule has 0 fully saturated rings. The Kier molecular flexibility index (Phi) is 4.72. The van der Waals surface area contributed by atoms with Crippen LogP contribution in [-0.2, 0) is 4.74 Å². The molecule has 0 bridgehead atoms. The summed E-state index contributed by atoms with van der Waals surface area (Å²) in [5.74, 6) is 0.386. The largest absolute Gasteiger partial charge is 0.489 e. The molecule has 0 saturated carbocycles. The van der Waals surface area contributed by atoms with Gasteiger partial charge in [0.25, 0.3) is 5.91 Å². The second kappa shape index (κ2) is 7.10. The number of aromatic nitrogens is 3. The van der Waals surface area contributed by atoms with Crippen LogP contribution >= 0.6 is 0 Å². The van der Waals surface area contributed by atoms with Crippen LogP contribution in [0.4, 0.5) is 5.69 Å². The van der Waals surface area contributed by atoms with Crippen LogP contribution in [0, 0.1) is 6.92 Å². The lowest BCUT2D eigenvalue weighted by molar-refractivity contribution is 0.102. The van der Waals surface area contributed by atoms with E-state index in [1.807, 2.05) is 25.1 Å². The number of pyridine rings is 1. The normalized spacial score (nSPS) is 10.8. The molecule has 7 heteroatoms. The van der Waals surface area contributed by atoms with Gasteiger partial charge in [-0.05, 0) is 36.8 Å². The van der Waals surface area contributed by atoms with Crippen molar-refractivity contribution in [2.75, 3.05) is 25.6 Å². The fraction of sp³-hybridized carbons (Fsp3) is 0.235. The van der Waals surface area contributed by atoms with Gasteiger partial charge in [0.1, 0.15) is 18.7 Å². The number of nitrogens with one attached hydrogen (secondary N) is 1. The summed E-state index contributed by atoms with van der Waals surface area (Å²) < 4.78 is 12.4. The van der Waals surface area contributed by atoms with Gasteiger partial charge in [0.05, 0.1) is 17.9 Å². The second-order valence-corrected chi connectivity index (χ2v) is 5.31. The van der Waals surface area contributed by atoms with Crippen LogP contribution in [0.1, 0.15) is 15.9 Å². The number of benzene rings is 1. The van der Waals surface area contributed by atoms with Crippen LogP contribution in [0.3, 0.4) is 0 Å². The average Bonchev–Trinajstić information content (AvgIpc) is 3.05. The van der Waals surface area contributed by atoms with Crippen LogP contribution in [0.5, 0.6) is 5.75 Å². The van der Waals surface area contributed by atoms with Crippen molar-refractivity contribution < 1.29 is 14.3 Å². The number of aryl methyl sites for hydroxylation is 1. The minimum Gasteiger partial charge on any atom is -0.489 e. The third kappa shape index (κ3) is 3.52. The Hall–Kier alpha value is -2.93.